The maximum Gasteiger partial charge on any atom is 0.291 e. The van der Waals surface area contributed by atoms with E-state index in [1.165, 1.54) is 15.9 Å². The van der Waals surface area contributed by atoms with Crippen molar-refractivity contribution in [2.45, 2.75) is 13.8 Å². The first-order valence-corrected chi connectivity index (χ1v) is 11.0. The van der Waals surface area contributed by atoms with Crippen molar-refractivity contribution < 1.29 is 4.74 Å². The fraction of sp³-hybridized carbons (Fsp3) is 0.160. The minimum atomic E-state index is -0.149. The first-order chi connectivity index (χ1) is 15.1. The third-order valence-corrected chi connectivity index (χ3v) is 5.95. The predicted octanol–water partition coefficient (Wildman–Crippen LogP) is 4.55. The average molecular weight is 428 g/mol. The van der Waals surface area contributed by atoms with Crippen LogP contribution in [0, 0.1) is 5.92 Å². The molecular formula is C25H21N3O2S. The molecule has 0 aliphatic heterocycles. The third kappa shape index (κ3) is 3.82. The lowest BCUT2D eigenvalue weighted by Gasteiger charge is -2.08. The summed E-state index contributed by atoms with van der Waals surface area (Å²) in [6.07, 6.45) is 1.92. The van der Waals surface area contributed by atoms with Crippen molar-refractivity contribution >= 4 is 33.1 Å². The second-order valence-electron chi connectivity index (χ2n) is 7.84. The summed E-state index contributed by atoms with van der Waals surface area (Å²) >= 11 is 1.35. The van der Waals surface area contributed by atoms with Crippen LogP contribution in [0.25, 0.3) is 33.2 Å². The molecule has 0 fully saturated rings. The van der Waals surface area contributed by atoms with Crippen LogP contribution in [0.5, 0.6) is 5.75 Å². The third-order valence-electron chi connectivity index (χ3n) is 4.99. The maximum atomic E-state index is 12.9. The molecule has 0 aliphatic carbocycles. The monoisotopic (exact) mass is 427 g/mol. The van der Waals surface area contributed by atoms with E-state index in [2.05, 4.69) is 42.1 Å². The normalized spacial score (nSPS) is 12.3. The smallest absolute Gasteiger partial charge is 0.291 e. The zero-order chi connectivity index (χ0) is 21.4. The Labute approximate surface area is 183 Å². The molecule has 5 nitrogen and oxygen atoms in total. The lowest BCUT2D eigenvalue weighted by molar-refractivity contribution is 0.271. The summed E-state index contributed by atoms with van der Waals surface area (Å²) in [6.45, 7) is 4.90. The van der Waals surface area contributed by atoms with Crippen LogP contribution < -0.4 is 14.8 Å². The van der Waals surface area contributed by atoms with Gasteiger partial charge in [-0.05, 0) is 52.6 Å². The average Bonchev–Trinajstić information content (AvgIpc) is 3.32. The second kappa shape index (κ2) is 7.96. The van der Waals surface area contributed by atoms with E-state index >= 15 is 0 Å². The molecule has 0 aliphatic rings. The molecule has 0 saturated heterocycles. The van der Waals surface area contributed by atoms with Gasteiger partial charge in [0.2, 0.25) is 4.96 Å². The van der Waals surface area contributed by atoms with Gasteiger partial charge in [0.25, 0.3) is 5.56 Å². The van der Waals surface area contributed by atoms with Gasteiger partial charge in [-0.25, -0.2) is 0 Å². The van der Waals surface area contributed by atoms with Gasteiger partial charge in [0.15, 0.2) is 5.82 Å². The zero-order valence-electron chi connectivity index (χ0n) is 17.3. The molecule has 0 spiro atoms. The summed E-state index contributed by atoms with van der Waals surface area (Å²) in [4.78, 5) is 18.1. The first kappa shape index (κ1) is 19.5. The van der Waals surface area contributed by atoms with Crippen molar-refractivity contribution in [2.24, 2.45) is 5.92 Å². The minimum absolute atomic E-state index is 0.149. The van der Waals surface area contributed by atoms with Crippen LogP contribution in [0.3, 0.4) is 0 Å². The van der Waals surface area contributed by atoms with Crippen molar-refractivity contribution in [2.75, 3.05) is 6.61 Å². The highest BCUT2D eigenvalue weighted by Crippen LogP contribution is 2.22. The molecule has 31 heavy (non-hydrogen) atoms. The topological polar surface area (TPSA) is 56.5 Å². The Balaban J connectivity index is 1.49. The highest BCUT2D eigenvalue weighted by molar-refractivity contribution is 7.15. The number of rotatable bonds is 5. The SMILES string of the molecule is CC(C)COc1ccc(-c2nc3sc(=Cc4cccc5ccccc45)c(=O)n3n2)cc1. The lowest BCUT2D eigenvalue weighted by atomic mass is 10.0. The van der Waals surface area contributed by atoms with Gasteiger partial charge in [-0.3, -0.25) is 4.79 Å². The number of nitrogens with zero attached hydrogens (tertiary/aromatic N) is 3. The van der Waals surface area contributed by atoms with E-state index in [4.69, 9.17) is 4.74 Å². The molecule has 2 aromatic heterocycles. The largest absolute Gasteiger partial charge is 0.493 e. The molecule has 3 aromatic carbocycles. The molecule has 5 aromatic rings. The van der Waals surface area contributed by atoms with Crippen LogP contribution >= 0.6 is 11.3 Å². The fourth-order valence-electron chi connectivity index (χ4n) is 3.44. The molecule has 0 unspecified atom stereocenters. The fourth-order valence-corrected chi connectivity index (χ4v) is 4.34. The molecule has 0 saturated carbocycles. The predicted molar refractivity (Wildman–Crippen MR) is 126 cm³/mol. The molecule has 6 heteroatoms. The van der Waals surface area contributed by atoms with Crippen molar-refractivity contribution in [3.63, 3.8) is 0 Å². The molecule has 2 heterocycles. The van der Waals surface area contributed by atoms with E-state index in [0.717, 1.165) is 27.6 Å². The van der Waals surface area contributed by atoms with Crippen LogP contribution in [0.4, 0.5) is 0 Å². The Morgan fingerprint density at radius 3 is 2.58 bits per heavy atom. The summed E-state index contributed by atoms with van der Waals surface area (Å²) in [5.74, 6) is 1.82. The standard InChI is InChI=1S/C25H21N3O2S/c1-16(2)15-30-20-12-10-18(11-13-20)23-26-25-28(27-23)24(29)22(31-25)14-19-8-5-7-17-6-3-4-9-21(17)19/h3-14,16H,15H2,1-2H3. The van der Waals surface area contributed by atoms with Crippen molar-refractivity contribution in [3.05, 3.63) is 87.2 Å². The van der Waals surface area contributed by atoms with Gasteiger partial charge in [-0.15, -0.1) is 5.10 Å². The molecule has 0 radical (unpaired) electrons. The van der Waals surface area contributed by atoms with Crippen LogP contribution in [0.1, 0.15) is 19.4 Å². The van der Waals surface area contributed by atoms with E-state index in [1.807, 2.05) is 54.6 Å². The second-order valence-corrected chi connectivity index (χ2v) is 8.85. The van der Waals surface area contributed by atoms with Gasteiger partial charge in [0.1, 0.15) is 5.75 Å². The maximum absolute atomic E-state index is 12.9. The van der Waals surface area contributed by atoms with Gasteiger partial charge in [0, 0.05) is 5.56 Å². The molecular weight excluding hydrogens is 406 g/mol. The van der Waals surface area contributed by atoms with Gasteiger partial charge in [-0.1, -0.05) is 67.6 Å². The van der Waals surface area contributed by atoms with Crippen molar-refractivity contribution in [3.8, 4) is 17.1 Å². The zero-order valence-corrected chi connectivity index (χ0v) is 18.1. The Kier molecular flexibility index (Phi) is 5.00. The molecule has 0 N–H and O–H groups in total. The Morgan fingerprint density at radius 2 is 1.81 bits per heavy atom. The summed E-state index contributed by atoms with van der Waals surface area (Å²) in [7, 11) is 0. The summed E-state index contributed by atoms with van der Waals surface area (Å²) in [6, 6.07) is 21.9. The number of thiazole rings is 1. The van der Waals surface area contributed by atoms with Crippen LogP contribution in [0.15, 0.2) is 71.5 Å². The number of hydrogen-bond acceptors (Lipinski definition) is 5. The van der Waals surface area contributed by atoms with Gasteiger partial charge >= 0.3 is 0 Å². The quantitative estimate of drug-likeness (QED) is 0.413. The highest BCUT2D eigenvalue weighted by Gasteiger charge is 2.12. The summed E-state index contributed by atoms with van der Waals surface area (Å²) in [5, 5.41) is 6.71. The molecule has 0 bridgehead atoms. The van der Waals surface area contributed by atoms with Crippen molar-refractivity contribution in [1.82, 2.24) is 14.6 Å². The number of hydrogen-bond donors (Lipinski definition) is 0. The van der Waals surface area contributed by atoms with Crippen LogP contribution in [0.2, 0.25) is 0 Å². The summed E-state index contributed by atoms with van der Waals surface area (Å²) < 4.78 is 7.74. The van der Waals surface area contributed by atoms with Gasteiger partial charge in [0.05, 0.1) is 11.1 Å². The number of ether oxygens (including phenoxy) is 1. The van der Waals surface area contributed by atoms with Gasteiger partial charge < -0.3 is 4.74 Å². The van der Waals surface area contributed by atoms with Gasteiger partial charge in [-0.2, -0.15) is 9.50 Å². The Morgan fingerprint density at radius 1 is 1.03 bits per heavy atom. The highest BCUT2D eigenvalue weighted by atomic mass is 32.1. The Bertz CT molecular complexity index is 1480. The molecule has 0 amide bonds. The number of fused-ring (bicyclic) bond motifs is 2. The van der Waals surface area contributed by atoms with Crippen LogP contribution in [-0.4, -0.2) is 21.2 Å². The Hall–Kier alpha value is -3.51. The molecule has 0 atom stereocenters. The summed E-state index contributed by atoms with van der Waals surface area (Å²) in [5.41, 5.74) is 1.72. The van der Waals surface area contributed by atoms with Crippen molar-refractivity contribution in [1.29, 1.82) is 0 Å². The van der Waals surface area contributed by atoms with E-state index in [-0.39, 0.29) is 5.56 Å². The van der Waals surface area contributed by atoms with Crippen LogP contribution in [-0.2, 0) is 0 Å². The van der Waals surface area contributed by atoms with E-state index in [0.29, 0.717) is 27.8 Å². The van der Waals surface area contributed by atoms with E-state index < -0.39 is 0 Å². The lowest BCUT2D eigenvalue weighted by Crippen LogP contribution is -2.23. The first-order valence-electron chi connectivity index (χ1n) is 10.2. The number of benzene rings is 3. The number of aromatic nitrogens is 3. The molecule has 5 rings (SSSR count). The van der Waals surface area contributed by atoms with E-state index in [9.17, 15) is 4.79 Å². The molecule has 154 valence electrons. The minimum Gasteiger partial charge on any atom is -0.493 e. The van der Waals surface area contributed by atoms with E-state index in [1.54, 1.807) is 0 Å².